The predicted molar refractivity (Wildman–Crippen MR) is 104 cm³/mol. The van der Waals surface area contributed by atoms with Crippen LogP contribution in [0.4, 0.5) is 0 Å². The maximum Gasteiger partial charge on any atom is 0.337 e. The quantitative estimate of drug-likeness (QED) is 0.698. The average Bonchev–Trinajstić information content (AvgIpc) is 3.37. The molecule has 3 rings (SSSR count). The highest BCUT2D eigenvalue weighted by molar-refractivity contribution is 7.10. The highest BCUT2D eigenvalue weighted by Gasteiger charge is 2.28. The second-order valence-electron chi connectivity index (χ2n) is 6.49. The summed E-state index contributed by atoms with van der Waals surface area (Å²) in [6.07, 6.45) is 1.64. The first-order chi connectivity index (χ1) is 13.1. The molecule has 0 radical (unpaired) electrons. The smallest absolute Gasteiger partial charge is 0.337 e. The van der Waals surface area contributed by atoms with Gasteiger partial charge in [-0.25, -0.2) is 4.79 Å². The molecule has 1 N–H and O–H groups in total. The van der Waals surface area contributed by atoms with Gasteiger partial charge in [0.1, 0.15) is 12.7 Å². The van der Waals surface area contributed by atoms with Gasteiger partial charge in [-0.2, -0.15) is 0 Å². The van der Waals surface area contributed by atoms with E-state index in [1.54, 1.807) is 29.5 Å². The number of likely N-dealkylation sites (tertiary alicyclic amines) is 1. The Morgan fingerprint density at radius 1 is 1.33 bits per heavy atom. The van der Waals surface area contributed by atoms with Crippen molar-refractivity contribution in [1.82, 2.24) is 4.90 Å². The average molecular weight is 391 g/mol. The highest BCUT2D eigenvalue weighted by Crippen LogP contribution is 2.34. The van der Waals surface area contributed by atoms with Gasteiger partial charge < -0.3 is 19.3 Å². The summed E-state index contributed by atoms with van der Waals surface area (Å²) in [7, 11) is 2.84. The van der Waals surface area contributed by atoms with Crippen molar-refractivity contribution in [2.24, 2.45) is 0 Å². The van der Waals surface area contributed by atoms with Gasteiger partial charge in [0, 0.05) is 17.5 Å². The Kier molecular flexibility index (Phi) is 6.71. The number of esters is 1. The minimum atomic E-state index is -0.615. The normalized spacial score (nSPS) is 18.3. The van der Waals surface area contributed by atoms with Crippen molar-refractivity contribution in [3.05, 3.63) is 46.2 Å². The monoisotopic (exact) mass is 391 g/mol. The van der Waals surface area contributed by atoms with Crippen molar-refractivity contribution in [2.75, 3.05) is 33.9 Å². The Bertz CT molecular complexity index is 749. The number of carbonyl (C=O) groups excluding carboxylic acids is 1. The number of carbonyl (C=O) groups is 1. The fourth-order valence-electron chi connectivity index (χ4n) is 3.39. The summed E-state index contributed by atoms with van der Waals surface area (Å²) in [6, 6.07) is 9.45. The minimum Gasteiger partial charge on any atom is -0.493 e. The van der Waals surface area contributed by atoms with Crippen LogP contribution >= 0.6 is 11.3 Å². The molecule has 1 aromatic heterocycles. The van der Waals surface area contributed by atoms with E-state index in [1.807, 2.05) is 0 Å². The van der Waals surface area contributed by atoms with E-state index in [4.69, 9.17) is 14.2 Å². The van der Waals surface area contributed by atoms with E-state index in [0.29, 0.717) is 29.6 Å². The summed E-state index contributed by atoms with van der Waals surface area (Å²) in [5, 5.41) is 12.5. The lowest BCUT2D eigenvalue weighted by molar-refractivity contribution is 0.0596. The maximum atomic E-state index is 11.6. The standard InChI is InChI=1S/C20H25NO5S/c1-24-18-11-14(20(23)25-2)7-8-17(18)26-13-15(22)12-21-9-3-5-16(21)19-6-4-10-27-19/h4,6-8,10-11,15-16,22H,3,5,9,12-13H2,1-2H3/t15-,16+/m1/s1. The second kappa shape index (κ2) is 9.21. The Labute approximate surface area is 163 Å². The zero-order valence-corrected chi connectivity index (χ0v) is 16.4. The summed E-state index contributed by atoms with van der Waals surface area (Å²) in [5.74, 6) is 0.483. The van der Waals surface area contributed by atoms with Gasteiger partial charge in [-0.05, 0) is 49.0 Å². The molecular weight excluding hydrogens is 366 g/mol. The van der Waals surface area contributed by atoms with Gasteiger partial charge >= 0.3 is 5.97 Å². The topological polar surface area (TPSA) is 68.2 Å². The first kappa shape index (κ1) is 19.7. The van der Waals surface area contributed by atoms with Crippen LogP contribution in [0.5, 0.6) is 11.5 Å². The molecule has 0 bridgehead atoms. The molecule has 1 saturated heterocycles. The van der Waals surface area contributed by atoms with E-state index in [0.717, 1.165) is 19.4 Å². The Morgan fingerprint density at radius 2 is 2.19 bits per heavy atom. The van der Waals surface area contributed by atoms with Gasteiger partial charge in [0.2, 0.25) is 0 Å². The predicted octanol–water partition coefficient (Wildman–Crippen LogP) is 3.12. The zero-order valence-electron chi connectivity index (χ0n) is 15.6. The maximum absolute atomic E-state index is 11.6. The number of ether oxygens (including phenoxy) is 3. The van der Waals surface area contributed by atoms with E-state index in [1.165, 1.54) is 19.1 Å². The molecule has 146 valence electrons. The van der Waals surface area contributed by atoms with Crippen LogP contribution in [0.15, 0.2) is 35.7 Å². The molecule has 27 heavy (non-hydrogen) atoms. The van der Waals surface area contributed by atoms with Gasteiger partial charge in [0.25, 0.3) is 0 Å². The van der Waals surface area contributed by atoms with Crippen molar-refractivity contribution in [2.45, 2.75) is 25.0 Å². The van der Waals surface area contributed by atoms with Crippen LogP contribution in [-0.4, -0.2) is 56.0 Å². The second-order valence-corrected chi connectivity index (χ2v) is 7.47. The van der Waals surface area contributed by atoms with E-state index < -0.39 is 12.1 Å². The van der Waals surface area contributed by atoms with E-state index in [-0.39, 0.29) is 6.61 Å². The first-order valence-electron chi connectivity index (χ1n) is 8.97. The van der Waals surface area contributed by atoms with Gasteiger partial charge in [0.15, 0.2) is 11.5 Å². The van der Waals surface area contributed by atoms with E-state index in [9.17, 15) is 9.90 Å². The molecule has 2 heterocycles. The molecule has 1 fully saturated rings. The lowest BCUT2D eigenvalue weighted by atomic mass is 10.2. The molecule has 7 heteroatoms. The summed E-state index contributed by atoms with van der Waals surface area (Å²) in [6.45, 7) is 1.70. The number of aliphatic hydroxyl groups excluding tert-OH is 1. The first-order valence-corrected chi connectivity index (χ1v) is 9.85. The Hall–Kier alpha value is -2.09. The van der Waals surface area contributed by atoms with Gasteiger partial charge in [-0.3, -0.25) is 4.90 Å². The number of aliphatic hydroxyl groups is 1. The van der Waals surface area contributed by atoms with Crippen LogP contribution in [0.1, 0.15) is 34.1 Å². The van der Waals surface area contributed by atoms with Crippen molar-refractivity contribution in [1.29, 1.82) is 0 Å². The molecular formula is C20H25NO5S. The van der Waals surface area contributed by atoms with Crippen LogP contribution in [0, 0.1) is 0 Å². The molecule has 0 saturated carbocycles. The summed E-state index contributed by atoms with van der Waals surface area (Å²) < 4.78 is 15.7. The van der Waals surface area contributed by atoms with E-state index in [2.05, 4.69) is 22.4 Å². The summed E-state index contributed by atoms with van der Waals surface area (Å²) in [5.41, 5.74) is 0.387. The van der Waals surface area contributed by atoms with Crippen LogP contribution in [-0.2, 0) is 4.74 Å². The van der Waals surface area contributed by atoms with Gasteiger partial charge in [-0.15, -0.1) is 11.3 Å². The number of thiophene rings is 1. The molecule has 1 aromatic carbocycles. The highest BCUT2D eigenvalue weighted by atomic mass is 32.1. The number of rotatable bonds is 8. The van der Waals surface area contributed by atoms with E-state index >= 15 is 0 Å². The molecule has 2 aromatic rings. The molecule has 0 unspecified atom stereocenters. The largest absolute Gasteiger partial charge is 0.493 e. The number of methoxy groups -OCH3 is 2. The molecule has 0 spiro atoms. The molecule has 1 aliphatic heterocycles. The lowest BCUT2D eigenvalue weighted by Crippen LogP contribution is -2.35. The van der Waals surface area contributed by atoms with Crippen LogP contribution < -0.4 is 9.47 Å². The third-order valence-electron chi connectivity index (χ3n) is 4.70. The third-order valence-corrected chi connectivity index (χ3v) is 5.67. The number of hydrogen-bond acceptors (Lipinski definition) is 7. The van der Waals surface area contributed by atoms with Crippen molar-refractivity contribution < 1.29 is 24.1 Å². The fourth-order valence-corrected chi connectivity index (χ4v) is 4.28. The molecule has 0 amide bonds. The third kappa shape index (κ3) is 4.80. The molecule has 0 aliphatic carbocycles. The van der Waals surface area contributed by atoms with Crippen LogP contribution in [0.25, 0.3) is 0 Å². The summed E-state index contributed by atoms with van der Waals surface area (Å²) in [4.78, 5) is 15.3. The van der Waals surface area contributed by atoms with Crippen LogP contribution in [0.3, 0.4) is 0 Å². The SMILES string of the molecule is COC(=O)c1ccc(OC[C@H](O)CN2CCC[C@H]2c2cccs2)c(OC)c1. The zero-order chi connectivity index (χ0) is 19.2. The minimum absolute atomic E-state index is 0.154. The fraction of sp³-hybridized carbons (Fsp3) is 0.450. The van der Waals surface area contributed by atoms with Gasteiger partial charge in [-0.1, -0.05) is 6.07 Å². The molecule has 1 aliphatic rings. The van der Waals surface area contributed by atoms with Crippen molar-refractivity contribution in [3.8, 4) is 11.5 Å². The number of benzene rings is 1. The van der Waals surface area contributed by atoms with Crippen molar-refractivity contribution >= 4 is 17.3 Å². The molecule has 2 atom stereocenters. The summed E-state index contributed by atoms with van der Waals surface area (Å²) >= 11 is 1.76. The number of β-amino-alcohol motifs (C(OH)–C–C–N with tert-alkyl or cyclic N) is 1. The Balaban J connectivity index is 1.57. The van der Waals surface area contributed by atoms with Crippen LogP contribution in [0.2, 0.25) is 0 Å². The Morgan fingerprint density at radius 3 is 2.89 bits per heavy atom. The molecule has 6 nitrogen and oxygen atoms in total. The van der Waals surface area contributed by atoms with Gasteiger partial charge in [0.05, 0.1) is 19.8 Å². The number of nitrogens with zero attached hydrogens (tertiary/aromatic N) is 1. The number of hydrogen-bond donors (Lipinski definition) is 1. The lowest BCUT2D eigenvalue weighted by Gasteiger charge is -2.26. The van der Waals surface area contributed by atoms with Crippen molar-refractivity contribution in [3.63, 3.8) is 0 Å².